The number of carbonyl (C=O) groups is 3. The highest BCUT2D eigenvalue weighted by atomic mass is 79.9. The Morgan fingerprint density at radius 1 is 1.17 bits per heavy atom. The number of barbiturate groups is 1. The zero-order valence-corrected chi connectivity index (χ0v) is 16.9. The standard InChI is InChI=1S/C21H13BrN2O6/c1-2-7-28-16-5-3-12(9-15(16)22)8-14-19(25)23-21(27)24(20(14)26)13-4-6-17-18(10-13)30-11-29-17/h1,3-6,8-10H,7,11H2,(H,23,25,27)/b14-8+. The van der Waals surface area contributed by atoms with Gasteiger partial charge in [-0.25, -0.2) is 9.69 Å². The first-order valence-electron chi connectivity index (χ1n) is 8.65. The van der Waals surface area contributed by atoms with Crippen molar-refractivity contribution < 1.29 is 28.6 Å². The molecule has 30 heavy (non-hydrogen) atoms. The molecule has 2 aliphatic heterocycles. The zero-order valence-electron chi connectivity index (χ0n) is 15.3. The average molecular weight is 469 g/mol. The van der Waals surface area contributed by atoms with E-state index in [2.05, 4.69) is 27.2 Å². The number of amides is 4. The summed E-state index contributed by atoms with van der Waals surface area (Å²) in [5.41, 5.74) is 0.601. The Bertz CT molecular complexity index is 1150. The van der Waals surface area contributed by atoms with Crippen LogP contribution >= 0.6 is 15.9 Å². The molecule has 0 radical (unpaired) electrons. The zero-order chi connectivity index (χ0) is 21.3. The molecule has 0 atom stereocenters. The van der Waals surface area contributed by atoms with Crippen molar-refractivity contribution in [2.24, 2.45) is 0 Å². The molecule has 0 unspecified atom stereocenters. The first kappa shape index (κ1) is 19.5. The van der Waals surface area contributed by atoms with Gasteiger partial charge in [-0.05, 0) is 51.8 Å². The third-order valence-electron chi connectivity index (χ3n) is 4.29. The maximum atomic E-state index is 13.0. The van der Waals surface area contributed by atoms with Crippen molar-refractivity contribution in [3.8, 4) is 29.6 Å². The molecule has 2 heterocycles. The van der Waals surface area contributed by atoms with Crippen molar-refractivity contribution in [2.75, 3.05) is 18.3 Å². The second kappa shape index (κ2) is 7.93. The van der Waals surface area contributed by atoms with Crippen LogP contribution in [0, 0.1) is 12.3 Å². The molecule has 150 valence electrons. The van der Waals surface area contributed by atoms with Crippen LogP contribution in [0.15, 0.2) is 46.4 Å². The minimum absolute atomic E-state index is 0.0541. The lowest BCUT2D eigenvalue weighted by molar-refractivity contribution is -0.122. The molecule has 2 aliphatic rings. The minimum Gasteiger partial charge on any atom is -0.480 e. The van der Waals surface area contributed by atoms with E-state index in [9.17, 15) is 14.4 Å². The SMILES string of the molecule is C#CCOc1ccc(/C=C2\C(=O)NC(=O)N(c3ccc4c(c3)OCO4)C2=O)cc1Br. The molecule has 0 aromatic heterocycles. The van der Waals surface area contributed by atoms with E-state index in [-0.39, 0.29) is 24.7 Å². The number of halogens is 1. The molecule has 0 saturated carbocycles. The third kappa shape index (κ3) is 3.60. The Morgan fingerprint density at radius 3 is 2.73 bits per heavy atom. The van der Waals surface area contributed by atoms with Crippen molar-refractivity contribution in [1.82, 2.24) is 5.32 Å². The van der Waals surface area contributed by atoms with Gasteiger partial charge < -0.3 is 14.2 Å². The van der Waals surface area contributed by atoms with Crippen LogP contribution < -0.4 is 24.4 Å². The summed E-state index contributed by atoms with van der Waals surface area (Å²) in [7, 11) is 0. The summed E-state index contributed by atoms with van der Waals surface area (Å²) < 4.78 is 16.5. The van der Waals surface area contributed by atoms with E-state index in [0.29, 0.717) is 27.3 Å². The molecule has 0 spiro atoms. The lowest BCUT2D eigenvalue weighted by Crippen LogP contribution is -2.54. The number of benzene rings is 2. The van der Waals surface area contributed by atoms with Crippen LogP contribution in [0.25, 0.3) is 6.08 Å². The van der Waals surface area contributed by atoms with Crippen LogP contribution in [-0.2, 0) is 9.59 Å². The summed E-state index contributed by atoms with van der Waals surface area (Å²) in [4.78, 5) is 38.5. The Balaban J connectivity index is 1.66. The van der Waals surface area contributed by atoms with Gasteiger partial charge in [0, 0.05) is 6.07 Å². The summed E-state index contributed by atoms with van der Waals surface area (Å²) >= 11 is 3.36. The molecule has 0 bridgehead atoms. The number of urea groups is 1. The smallest absolute Gasteiger partial charge is 0.335 e. The van der Waals surface area contributed by atoms with Gasteiger partial charge in [-0.1, -0.05) is 12.0 Å². The van der Waals surface area contributed by atoms with Crippen molar-refractivity contribution in [3.05, 3.63) is 52.0 Å². The summed E-state index contributed by atoms with van der Waals surface area (Å²) in [6.07, 6.45) is 6.57. The molecule has 1 N–H and O–H groups in total. The van der Waals surface area contributed by atoms with Gasteiger partial charge in [0.1, 0.15) is 17.9 Å². The topological polar surface area (TPSA) is 94.2 Å². The second-order valence-electron chi connectivity index (χ2n) is 6.18. The highest BCUT2D eigenvalue weighted by Gasteiger charge is 2.37. The van der Waals surface area contributed by atoms with Crippen LogP contribution in [-0.4, -0.2) is 31.2 Å². The molecular formula is C21H13BrN2O6. The van der Waals surface area contributed by atoms with Crippen LogP contribution in [0.2, 0.25) is 0 Å². The van der Waals surface area contributed by atoms with E-state index >= 15 is 0 Å². The number of imide groups is 2. The van der Waals surface area contributed by atoms with Crippen molar-refractivity contribution in [3.63, 3.8) is 0 Å². The average Bonchev–Trinajstić information content (AvgIpc) is 3.18. The van der Waals surface area contributed by atoms with Crippen molar-refractivity contribution >= 4 is 45.5 Å². The fourth-order valence-electron chi connectivity index (χ4n) is 2.93. The summed E-state index contributed by atoms with van der Waals surface area (Å²) in [6, 6.07) is 8.75. The number of anilines is 1. The number of hydrogen-bond donors (Lipinski definition) is 1. The van der Waals surface area contributed by atoms with Gasteiger partial charge >= 0.3 is 6.03 Å². The number of ether oxygens (including phenoxy) is 3. The Labute approximate surface area is 179 Å². The molecule has 4 rings (SSSR count). The monoisotopic (exact) mass is 468 g/mol. The first-order chi connectivity index (χ1) is 14.5. The predicted molar refractivity (Wildman–Crippen MR) is 110 cm³/mol. The lowest BCUT2D eigenvalue weighted by Gasteiger charge is -2.26. The highest BCUT2D eigenvalue weighted by Crippen LogP contribution is 2.36. The number of rotatable bonds is 4. The van der Waals surface area contributed by atoms with Gasteiger partial charge in [0.15, 0.2) is 11.5 Å². The second-order valence-corrected chi connectivity index (χ2v) is 7.03. The fraction of sp³-hybridized carbons (Fsp3) is 0.0952. The number of terminal acetylenes is 1. The van der Waals surface area contributed by atoms with Crippen molar-refractivity contribution in [2.45, 2.75) is 0 Å². The van der Waals surface area contributed by atoms with E-state index in [1.807, 2.05) is 0 Å². The molecule has 0 aliphatic carbocycles. The molecule has 1 fully saturated rings. The van der Waals surface area contributed by atoms with Gasteiger partial charge in [-0.3, -0.25) is 14.9 Å². The van der Waals surface area contributed by atoms with E-state index in [4.69, 9.17) is 20.6 Å². The van der Waals surface area contributed by atoms with E-state index in [0.717, 1.165) is 4.90 Å². The molecular weight excluding hydrogens is 456 g/mol. The minimum atomic E-state index is -0.847. The summed E-state index contributed by atoms with van der Waals surface area (Å²) in [6.45, 7) is 0.158. The fourth-order valence-corrected chi connectivity index (χ4v) is 3.44. The number of carbonyl (C=O) groups excluding carboxylic acids is 3. The van der Waals surface area contributed by atoms with E-state index in [1.54, 1.807) is 24.3 Å². The van der Waals surface area contributed by atoms with Crippen LogP contribution in [0.5, 0.6) is 17.2 Å². The third-order valence-corrected chi connectivity index (χ3v) is 4.91. The van der Waals surface area contributed by atoms with Crippen molar-refractivity contribution in [1.29, 1.82) is 0 Å². The number of nitrogens with one attached hydrogen (secondary N) is 1. The van der Waals surface area contributed by atoms with Gasteiger partial charge in [0.05, 0.1) is 10.2 Å². The molecule has 9 heteroatoms. The number of nitrogens with zero attached hydrogens (tertiary/aromatic N) is 1. The predicted octanol–water partition coefficient (Wildman–Crippen LogP) is 2.86. The van der Waals surface area contributed by atoms with E-state index in [1.165, 1.54) is 18.2 Å². The molecule has 8 nitrogen and oxygen atoms in total. The summed E-state index contributed by atoms with van der Waals surface area (Å²) in [5, 5.41) is 2.18. The Kier molecular flexibility index (Phi) is 5.16. The Morgan fingerprint density at radius 2 is 1.97 bits per heavy atom. The van der Waals surface area contributed by atoms with Gasteiger partial charge in [-0.15, -0.1) is 6.42 Å². The maximum Gasteiger partial charge on any atom is 0.335 e. The first-order valence-corrected chi connectivity index (χ1v) is 9.44. The largest absolute Gasteiger partial charge is 0.480 e. The molecule has 2 aromatic carbocycles. The number of hydrogen-bond acceptors (Lipinski definition) is 6. The van der Waals surface area contributed by atoms with Gasteiger partial charge in [0.25, 0.3) is 11.8 Å². The highest BCUT2D eigenvalue weighted by molar-refractivity contribution is 9.10. The van der Waals surface area contributed by atoms with Gasteiger partial charge in [-0.2, -0.15) is 0 Å². The molecule has 4 amide bonds. The van der Waals surface area contributed by atoms with Crippen LogP contribution in [0.4, 0.5) is 10.5 Å². The Hall–Kier alpha value is -3.77. The van der Waals surface area contributed by atoms with Crippen LogP contribution in [0.1, 0.15) is 5.56 Å². The molecule has 1 saturated heterocycles. The van der Waals surface area contributed by atoms with Gasteiger partial charge in [0.2, 0.25) is 6.79 Å². The molecule has 2 aromatic rings. The van der Waals surface area contributed by atoms with E-state index < -0.39 is 17.8 Å². The lowest BCUT2D eigenvalue weighted by atomic mass is 10.1. The maximum absolute atomic E-state index is 13.0. The quantitative estimate of drug-likeness (QED) is 0.421. The number of fused-ring (bicyclic) bond motifs is 1. The summed E-state index contributed by atoms with van der Waals surface area (Å²) in [5.74, 6) is 2.26. The normalized spacial score (nSPS) is 16.5. The van der Waals surface area contributed by atoms with Crippen LogP contribution in [0.3, 0.4) is 0 Å².